The van der Waals surface area contributed by atoms with Crippen LogP contribution < -0.4 is 4.90 Å². The van der Waals surface area contributed by atoms with Crippen LogP contribution in [-0.4, -0.2) is 80.9 Å². The molecule has 4 heterocycles. The summed E-state index contributed by atoms with van der Waals surface area (Å²) in [6, 6.07) is 7.13. The minimum absolute atomic E-state index is 0.0948. The molecule has 180 valence electrons. The van der Waals surface area contributed by atoms with Gasteiger partial charge in [-0.05, 0) is 69.2 Å². The average Bonchev–Trinajstić information content (AvgIpc) is 3.60. The number of aromatic nitrogens is 2. The Morgan fingerprint density at radius 3 is 2.35 bits per heavy atom. The Labute approximate surface area is 198 Å². The van der Waals surface area contributed by atoms with Crippen molar-refractivity contribution >= 4 is 23.6 Å². The lowest BCUT2D eigenvalue weighted by atomic mass is 9.84. The Kier molecular flexibility index (Phi) is 5.79. The molecular weight excluding hydrogens is 434 g/mol. The number of carboxylic acids is 1. The van der Waals surface area contributed by atoms with Gasteiger partial charge >= 0.3 is 12.0 Å². The lowest BCUT2D eigenvalue weighted by Crippen LogP contribution is -2.55. The third-order valence-electron chi connectivity index (χ3n) is 7.64. The lowest BCUT2D eigenvalue weighted by molar-refractivity contribution is 0.0421. The number of nitrogens with zero attached hydrogens (tertiary/aromatic N) is 5. The fourth-order valence-corrected chi connectivity index (χ4v) is 5.77. The second kappa shape index (κ2) is 8.77. The van der Waals surface area contributed by atoms with Gasteiger partial charge in [0.25, 0.3) is 5.91 Å². The number of carboxylic acid groups (broad SMARTS) is 1. The molecule has 0 radical (unpaired) electrons. The van der Waals surface area contributed by atoms with Crippen LogP contribution in [-0.2, 0) is 0 Å². The van der Waals surface area contributed by atoms with E-state index in [4.69, 9.17) is 5.11 Å². The molecule has 3 fully saturated rings. The summed E-state index contributed by atoms with van der Waals surface area (Å²) in [5.74, 6) is -1.06. The molecule has 34 heavy (non-hydrogen) atoms. The number of benzene rings is 1. The van der Waals surface area contributed by atoms with Crippen molar-refractivity contribution in [2.75, 3.05) is 37.6 Å². The molecule has 0 saturated carbocycles. The van der Waals surface area contributed by atoms with Gasteiger partial charge < -0.3 is 19.8 Å². The second-order valence-electron chi connectivity index (χ2n) is 9.72. The summed E-state index contributed by atoms with van der Waals surface area (Å²) >= 11 is 0. The molecule has 0 bridgehead atoms. The number of piperidine rings is 1. The molecule has 3 aliphatic heterocycles. The van der Waals surface area contributed by atoms with Gasteiger partial charge in [-0.15, -0.1) is 0 Å². The van der Waals surface area contributed by atoms with Gasteiger partial charge in [0, 0.05) is 50.1 Å². The summed E-state index contributed by atoms with van der Waals surface area (Å²) in [5.41, 5.74) is 2.60. The van der Waals surface area contributed by atoms with Crippen LogP contribution in [0.15, 0.2) is 30.5 Å². The molecule has 0 aliphatic carbocycles. The van der Waals surface area contributed by atoms with E-state index >= 15 is 0 Å². The van der Waals surface area contributed by atoms with Crippen molar-refractivity contribution < 1.29 is 19.5 Å². The Balaban J connectivity index is 1.32. The van der Waals surface area contributed by atoms with E-state index in [2.05, 4.69) is 27.9 Å². The number of hydrogen-bond donors (Lipinski definition) is 1. The van der Waals surface area contributed by atoms with Crippen LogP contribution in [0, 0.1) is 6.92 Å². The van der Waals surface area contributed by atoms with Crippen molar-refractivity contribution in [3.8, 4) is 0 Å². The molecule has 0 atom stereocenters. The number of aromatic carboxylic acids is 1. The fourth-order valence-electron chi connectivity index (χ4n) is 5.77. The van der Waals surface area contributed by atoms with E-state index in [0.717, 1.165) is 66.8 Å². The SMILES string of the molecule is Cc1ccc(C(=O)N2CCCC23CCN(C(=O)n2ccc(C(=O)O)n2)CC3)c(N2CCCC2)c1. The van der Waals surface area contributed by atoms with Crippen LogP contribution in [0.25, 0.3) is 0 Å². The van der Waals surface area contributed by atoms with Gasteiger partial charge in [-0.3, -0.25) is 4.79 Å². The van der Waals surface area contributed by atoms with Crippen LogP contribution in [0.1, 0.15) is 64.9 Å². The first kappa shape index (κ1) is 22.4. The van der Waals surface area contributed by atoms with E-state index in [-0.39, 0.29) is 23.2 Å². The maximum atomic E-state index is 13.9. The van der Waals surface area contributed by atoms with E-state index in [1.165, 1.54) is 12.3 Å². The summed E-state index contributed by atoms with van der Waals surface area (Å²) in [4.78, 5) is 43.9. The summed E-state index contributed by atoms with van der Waals surface area (Å²) in [7, 11) is 0. The summed E-state index contributed by atoms with van der Waals surface area (Å²) in [6.07, 6.45) is 7.03. The molecule has 1 aromatic heterocycles. The molecule has 5 rings (SSSR count). The standard InChI is InChI=1S/C25H31N5O4/c1-18-5-6-19(21(17-18)27-11-2-3-12-27)22(31)29-13-4-8-25(29)9-15-28(16-10-25)24(34)30-14-7-20(26-30)23(32)33/h5-7,14,17H,2-4,8-13,15-16H2,1H3,(H,32,33). The highest BCUT2D eigenvalue weighted by Gasteiger charge is 2.46. The van der Waals surface area contributed by atoms with Crippen molar-refractivity contribution in [3.63, 3.8) is 0 Å². The first-order valence-corrected chi connectivity index (χ1v) is 12.1. The van der Waals surface area contributed by atoms with Gasteiger partial charge in [-0.25, -0.2) is 9.59 Å². The minimum Gasteiger partial charge on any atom is -0.476 e. The van der Waals surface area contributed by atoms with Gasteiger partial charge in [0.1, 0.15) is 0 Å². The molecule has 2 aromatic rings. The zero-order valence-corrected chi connectivity index (χ0v) is 19.6. The highest BCUT2D eigenvalue weighted by molar-refractivity contribution is 6.00. The van der Waals surface area contributed by atoms with Crippen molar-refractivity contribution in [1.29, 1.82) is 0 Å². The third kappa shape index (κ3) is 3.93. The molecule has 3 aliphatic rings. The number of rotatable bonds is 3. The van der Waals surface area contributed by atoms with Crippen LogP contribution in [0.2, 0.25) is 0 Å². The van der Waals surface area contributed by atoms with Gasteiger partial charge in [0.15, 0.2) is 5.69 Å². The number of likely N-dealkylation sites (tertiary alicyclic amines) is 2. The number of anilines is 1. The molecular formula is C25H31N5O4. The van der Waals surface area contributed by atoms with Crippen molar-refractivity contribution in [1.82, 2.24) is 19.6 Å². The molecule has 1 aromatic carbocycles. The van der Waals surface area contributed by atoms with Crippen LogP contribution in [0.4, 0.5) is 10.5 Å². The van der Waals surface area contributed by atoms with Crippen LogP contribution in [0.3, 0.4) is 0 Å². The van der Waals surface area contributed by atoms with Gasteiger partial charge in [-0.1, -0.05) is 6.07 Å². The van der Waals surface area contributed by atoms with E-state index in [0.29, 0.717) is 25.9 Å². The number of hydrogen-bond acceptors (Lipinski definition) is 5. The molecule has 1 spiro atoms. The predicted molar refractivity (Wildman–Crippen MR) is 126 cm³/mol. The average molecular weight is 466 g/mol. The molecule has 1 N–H and O–H groups in total. The first-order chi connectivity index (χ1) is 16.4. The number of carbonyl (C=O) groups excluding carboxylic acids is 2. The normalized spacial score (nSPS) is 19.7. The Bertz CT molecular complexity index is 1110. The predicted octanol–water partition coefficient (Wildman–Crippen LogP) is 3.23. The molecule has 0 unspecified atom stereocenters. The maximum absolute atomic E-state index is 13.9. The van der Waals surface area contributed by atoms with Crippen molar-refractivity contribution in [3.05, 3.63) is 47.3 Å². The highest BCUT2D eigenvalue weighted by atomic mass is 16.4. The second-order valence-corrected chi connectivity index (χ2v) is 9.72. The molecule has 9 heteroatoms. The molecule has 2 amide bonds. The van der Waals surface area contributed by atoms with Gasteiger partial charge in [0.05, 0.1) is 5.56 Å². The Morgan fingerprint density at radius 2 is 1.68 bits per heavy atom. The fraction of sp³-hybridized carbons (Fsp3) is 0.520. The van der Waals surface area contributed by atoms with Crippen molar-refractivity contribution in [2.45, 2.75) is 51.0 Å². The Hall–Kier alpha value is -3.36. The van der Waals surface area contributed by atoms with Crippen molar-refractivity contribution in [2.24, 2.45) is 0 Å². The maximum Gasteiger partial charge on any atom is 0.356 e. The summed E-state index contributed by atoms with van der Waals surface area (Å²) < 4.78 is 1.09. The number of aryl methyl sites for hydroxylation is 1. The number of carbonyl (C=O) groups is 3. The van der Waals surface area contributed by atoms with Crippen LogP contribution >= 0.6 is 0 Å². The summed E-state index contributed by atoms with van der Waals surface area (Å²) in [5, 5.41) is 12.9. The minimum atomic E-state index is -1.16. The third-order valence-corrected chi connectivity index (χ3v) is 7.64. The van der Waals surface area contributed by atoms with Gasteiger partial charge in [-0.2, -0.15) is 9.78 Å². The first-order valence-electron chi connectivity index (χ1n) is 12.1. The highest BCUT2D eigenvalue weighted by Crippen LogP contribution is 2.40. The van der Waals surface area contributed by atoms with E-state index in [9.17, 15) is 14.4 Å². The monoisotopic (exact) mass is 465 g/mol. The van der Waals surface area contributed by atoms with Crippen LogP contribution in [0.5, 0.6) is 0 Å². The zero-order chi connectivity index (χ0) is 23.9. The molecule has 3 saturated heterocycles. The lowest BCUT2D eigenvalue weighted by Gasteiger charge is -2.45. The molecule has 9 nitrogen and oxygen atoms in total. The van der Waals surface area contributed by atoms with E-state index in [1.54, 1.807) is 4.90 Å². The van der Waals surface area contributed by atoms with Gasteiger partial charge in [0.2, 0.25) is 0 Å². The zero-order valence-electron chi connectivity index (χ0n) is 19.6. The number of amides is 2. The quantitative estimate of drug-likeness (QED) is 0.747. The summed E-state index contributed by atoms with van der Waals surface area (Å²) in [6.45, 7) is 5.81. The van der Waals surface area contributed by atoms with E-state index in [1.807, 2.05) is 12.1 Å². The largest absolute Gasteiger partial charge is 0.476 e. The topological polar surface area (TPSA) is 99.0 Å². The Morgan fingerprint density at radius 1 is 0.941 bits per heavy atom. The smallest absolute Gasteiger partial charge is 0.356 e. The van der Waals surface area contributed by atoms with E-state index < -0.39 is 5.97 Å².